The molecule has 1 nitrogen and oxygen atoms in total. The van der Waals surface area contributed by atoms with Crippen LogP contribution in [0.2, 0.25) is 0 Å². The summed E-state index contributed by atoms with van der Waals surface area (Å²) in [6, 6.07) is 17.3. The summed E-state index contributed by atoms with van der Waals surface area (Å²) in [5, 5.41) is 3.46. The monoisotopic (exact) mass is 225 g/mol. The van der Waals surface area contributed by atoms with Crippen molar-refractivity contribution in [1.82, 2.24) is 0 Å². The predicted octanol–water partition coefficient (Wildman–Crippen LogP) is 4.17. The molecule has 0 atom stereocenters. The van der Waals surface area contributed by atoms with Gasteiger partial charge < -0.3 is 5.32 Å². The second-order valence-electron chi connectivity index (χ2n) is 4.39. The van der Waals surface area contributed by atoms with Crippen LogP contribution in [0.3, 0.4) is 0 Å². The number of anilines is 1. The van der Waals surface area contributed by atoms with E-state index in [9.17, 15) is 0 Å². The normalized spacial score (nSPS) is 10.2. The van der Waals surface area contributed by atoms with E-state index in [1.165, 1.54) is 22.4 Å². The number of hydrogen-bond donors (Lipinski definition) is 1. The van der Waals surface area contributed by atoms with Crippen LogP contribution in [0.25, 0.3) is 0 Å². The Bertz CT molecular complexity index is 471. The van der Waals surface area contributed by atoms with Gasteiger partial charge in [0.2, 0.25) is 0 Å². The first-order valence-electron chi connectivity index (χ1n) is 6.16. The van der Waals surface area contributed by atoms with E-state index in [1.54, 1.807) is 0 Å². The van der Waals surface area contributed by atoms with E-state index >= 15 is 0 Å². The van der Waals surface area contributed by atoms with Crippen LogP contribution in [-0.4, -0.2) is 0 Å². The number of rotatable bonds is 4. The van der Waals surface area contributed by atoms with Crippen molar-refractivity contribution in [3.8, 4) is 0 Å². The van der Waals surface area contributed by atoms with E-state index in [1.807, 2.05) is 0 Å². The maximum atomic E-state index is 3.46. The molecule has 0 aromatic heterocycles. The van der Waals surface area contributed by atoms with Gasteiger partial charge in [-0.1, -0.05) is 48.9 Å². The van der Waals surface area contributed by atoms with E-state index in [2.05, 4.69) is 67.7 Å². The third kappa shape index (κ3) is 3.35. The van der Waals surface area contributed by atoms with Crippen LogP contribution < -0.4 is 5.32 Å². The minimum atomic E-state index is 0.882. The predicted molar refractivity (Wildman–Crippen MR) is 74.3 cm³/mol. The van der Waals surface area contributed by atoms with Crippen LogP contribution in [0.5, 0.6) is 0 Å². The second-order valence-corrected chi connectivity index (χ2v) is 4.39. The van der Waals surface area contributed by atoms with Crippen molar-refractivity contribution in [3.05, 3.63) is 65.2 Å². The van der Waals surface area contributed by atoms with Gasteiger partial charge >= 0.3 is 0 Å². The van der Waals surface area contributed by atoms with Gasteiger partial charge in [-0.25, -0.2) is 0 Å². The molecule has 1 heteroatoms. The summed E-state index contributed by atoms with van der Waals surface area (Å²) in [4.78, 5) is 0. The van der Waals surface area contributed by atoms with Crippen LogP contribution in [0.15, 0.2) is 48.5 Å². The number of aryl methyl sites for hydroxylation is 2. The molecule has 2 aromatic rings. The van der Waals surface area contributed by atoms with E-state index in [0.717, 1.165) is 13.0 Å². The SMILES string of the molecule is CCc1cccc(NCc2ccc(C)cc2)c1. The molecule has 17 heavy (non-hydrogen) atoms. The maximum Gasteiger partial charge on any atom is 0.0400 e. The van der Waals surface area contributed by atoms with Crippen LogP contribution in [0, 0.1) is 6.92 Å². The lowest BCUT2D eigenvalue weighted by Gasteiger charge is -2.08. The fourth-order valence-corrected chi connectivity index (χ4v) is 1.81. The fourth-order valence-electron chi connectivity index (χ4n) is 1.81. The molecule has 88 valence electrons. The van der Waals surface area contributed by atoms with Crippen molar-refractivity contribution in [3.63, 3.8) is 0 Å². The first-order chi connectivity index (χ1) is 8.28. The highest BCUT2D eigenvalue weighted by Crippen LogP contribution is 2.13. The molecule has 0 amide bonds. The quantitative estimate of drug-likeness (QED) is 0.823. The van der Waals surface area contributed by atoms with Gasteiger partial charge in [0.25, 0.3) is 0 Å². The third-order valence-corrected chi connectivity index (χ3v) is 2.95. The summed E-state index contributed by atoms with van der Waals surface area (Å²) >= 11 is 0. The highest BCUT2D eigenvalue weighted by molar-refractivity contribution is 5.46. The van der Waals surface area contributed by atoms with Crippen molar-refractivity contribution < 1.29 is 0 Å². The average Bonchev–Trinajstić information content (AvgIpc) is 2.38. The largest absolute Gasteiger partial charge is 0.381 e. The Labute approximate surface area is 103 Å². The summed E-state index contributed by atoms with van der Waals surface area (Å²) in [5.41, 5.74) is 5.20. The van der Waals surface area contributed by atoms with Crippen molar-refractivity contribution in [2.45, 2.75) is 26.8 Å². The molecule has 0 aliphatic carbocycles. The summed E-state index contributed by atoms with van der Waals surface area (Å²) in [7, 11) is 0. The van der Waals surface area contributed by atoms with Crippen molar-refractivity contribution in [2.75, 3.05) is 5.32 Å². The Balaban J connectivity index is 1.99. The topological polar surface area (TPSA) is 12.0 Å². The zero-order chi connectivity index (χ0) is 12.1. The van der Waals surface area contributed by atoms with E-state index in [-0.39, 0.29) is 0 Å². The second kappa shape index (κ2) is 5.53. The number of hydrogen-bond acceptors (Lipinski definition) is 1. The molecule has 0 saturated carbocycles. The standard InChI is InChI=1S/C16H19N/c1-3-14-5-4-6-16(11-14)17-12-15-9-7-13(2)8-10-15/h4-11,17H,3,12H2,1-2H3. The van der Waals surface area contributed by atoms with Crippen LogP contribution in [0.1, 0.15) is 23.6 Å². The maximum absolute atomic E-state index is 3.46. The lowest BCUT2D eigenvalue weighted by molar-refractivity contribution is 1.11. The Morgan fingerprint density at radius 1 is 0.941 bits per heavy atom. The Morgan fingerprint density at radius 3 is 2.41 bits per heavy atom. The molecule has 0 bridgehead atoms. The lowest BCUT2D eigenvalue weighted by Crippen LogP contribution is -1.99. The van der Waals surface area contributed by atoms with Gasteiger partial charge in [-0.2, -0.15) is 0 Å². The molecule has 2 aromatic carbocycles. The zero-order valence-corrected chi connectivity index (χ0v) is 10.5. The fraction of sp³-hybridized carbons (Fsp3) is 0.250. The van der Waals surface area contributed by atoms with Gasteiger partial charge in [-0.05, 0) is 36.6 Å². The van der Waals surface area contributed by atoms with Crippen molar-refractivity contribution in [2.24, 2.45) is 0 Å². The first kappa shape index (κ1) is 11.7. The summed E-state index contributed by atoms with van der Waals surface area (Å²) in [6.07, 6.45) is 1.08. The minimum absolute atomic E-state index is 0.882. The van der Waals surface area contributed by atoms with Gasteiger partial charge in [0.1, 0.15) is 0 Å². The van der Waals surface area contributed by atoms with E-state index < -0.39 is 0 Å². The Kier molecular flexibility index (Phi) is 3.81. The molecule has 0 radical (unpaired) electrons. The molecule has 0 saturated heterocycles. The molecule has 0 aliphatic heterocycles. The highest BCUT2D eigenvalue weighted by Gasteiger charge is 1.95. The lowest BCUT2D eigenvalue weighted by atomic mass is 10.1. The van der Waals surface area contributed by atoms with Gasteiger partial charge in [0.05, 0.1) is 0 Å². The Hall–Kier alpha value is -1.76. The molecule has 0 fully saturated rings. The molecular weight excluding hydrogens is 206 g/mol. The van der Waals surface area contributed by atoms with Crippen LogP contribution >= 0.6 is 0 Å². The zero-order valence-electron chi connectivity index (χ0n) is 10.5. The van der Waals surface area contributed by atoms with Gasteiger partial charge in [0.15, 0.2) is 0 Å². The smallest absolute Gasteiger partial charge is 0.0400 e. The average molecular weight is 225 g/mol. The highest BCUT2D eigenvalue weighted by atomic mass is 14.9. The molecule has 0 unspecified atom stereocenters. The van der Waals surface area contributed by atoms with Crippen molar-refractivity contribution >= 4 is 5.69 Å². The first-order valence-corrected chi connectivity index (χ1v) is 6.16. The van der Waals surface area contributed by atoms with Crippen molar-refractivity contribution in [1.29, 1.82) is 0 Å². The summed E-state index contributed by atoms with van der Waals surface area (Å²) in [6.45, 7) is 5.18. The molecule has 0 spiro atoms. The number of benzene rings is 2. The molecule has 1 N–H and O–H groups in total. The van der Waals surface area contributed by atoms with Gasteiger partial charge in [-0.3, -0.25) is 0 Å². The summed E-state index contributed by atoms with van der Waals surface area (Å²) in [5.74, 6) is 0. The molecule has 0 aliphatic rings. The van der Waals surface area contributed by atoms with Crippen LogP contribution in [-0.2, 0) is 13.0 Å². The summed E-state index contributed by atoms with van der Waals surface area (Å²) < 4.78 is 0. The van der Waals surface area contributed by atoms with E-state index in [4.69, 9.17) is 0 Å². The third-order valence-electron chi connectivity index (χ3n) is 2.95. The molecular formula is C16H19N. The molecule has 0 heterocycles. The Morgan fingerprint density at radius 2 is 1.71 bits per heavy atom. The molecule has 2 rings (SSSR count). The van der Waals surface area contributed by atoms with Gasteiger partial charge in [-0.15, -0.1) is 0 Å². The van der Waals surface area contributed by atoms with E-state index in [0.29, 0.717) is 0 Å². The minimum Gasteiger partial charge on any atom is -0.381 e. The number of nitrogens with one attached hydrogen (secondary N) is 1. The van der Waals surface area contributed by atoms with Gasteiger partial charge in [0, 0.05) is 12.2 Å². The van der Waals surface area contributed by atoms with Crippen LogP contribution in [0.4, 0.5) is 5.69 Å².